The number of benzene rings is 1. The maximum atomic E-state index is 11.8. The average molecular weight is 334 g/mol. The second kappa shape index (κ2) is 6.89. The van der Waals surface area contributed by atoms with Crippen LogP contribution in [0.4, 0.5) is 0 Å². The first-order valence-electron chi connectivity index (χ1n) is 7.09. The lowest BCUT2D eigenvalue weighted by Gasteiger charge is -2.17. The molecule has 1 heterocycles. The Morgan fingerprint density at radius 1 is 1.26 bits per heavy atom. The van der Waals surface area contributed by atoms with Crippen LogP contribution in [-0.2, 0) is 9.84 Å². The van der Waals surface area contributed by atoms with E-state index in [9.17, 15) is 18.3 Å². The number of sulfone groups is 1. The number of aliphatic hydroxyl groups is 1. The number of carbonyl (C=O) groups is 1. The van der Waals surface area contributed by atoms with Crippen LogP contribution in [0.1, 0.15) is 34.5 Å². The van der Waals surface area contributed by atoms with Crippen LogP contribution in [0.15, 0.2) is 47.5 Å². The molecule has 0 aliphatic rings. The molecule has 0 saturated heterocycles. The van der Waals surface area contributed by atoms with Crippen LogP contribution in [-0.4, -0.2) is 36.8 Å². The summed E-state index contributed by atoms with van der Waals surface area (Å²) in [5.74, 6) is -1.17. The van der Waals surface area contributed by atoms with Crippen LogP contribution in [0.3, 0.4) is 0 Å². The zero-order valence-electron chi connectivity index (χ0n) is 12.6. The van der Waals surface area contributed by atoms with Gasteiger partial charge in [-0.3, -0.25) is 9.78 Å². The topological polar surface area (TPSA) is 110 Å². The molecular formula is C16H18N2O4S. The number of hydrogen-bond donors (Lipinski definition) is 2. The summed E-state index contributed by atoms with van der Waals surface area (Å²) in [5.41, 5.74) is 6.60. The van der Waals surface area contributed by atoms with Gasteiger partial charge in [-0.05, 0) is 29.8 Å². The van der Waals surface area contributed by atoms with E-state index in [0.717, 1.165) is 0 Å². The summed E-state index contributed by atoms with van der Waals surface area (Å²) >= 11 is 0. The van der Waals surface area contributed by atoms with Gasteiger partial charge in [-0.15, -0.1) is 0 Å². The molecule has 1 atom stereocenters. The van der Waals surface area contributed by atoms with Crippen molar-refractivity contribution in [1.82, 2.24) is 4.98 Å². The van der Waals surface area contributed by atoms with Crippen molar-refractivity contribution in [2.24, 2.45) is 5.73 Å². The van der Waals surface area contributed by atoms with E-state index in [-0.39, 0.29) is 22.8 Å². The first-order valence-corrected chi connectivity index (χ1v) is 8.74. The molecule has 0 saturated carbocycles. The first-order chi connectivity index (χ1) is 10.9. The summed E-state index contributed by atoms with van der Waals surface area (Å²) in [4.78, 5) is 15.9. The number of aromatic nitrogens is 1. The van der Waals surface area contributed by atoms with Crippen LogP contribution in [0, 0.1) is 0 Å². The number of carbonyl (C=O) groups excluding carboxylic acids is 1. The van der Waals surface area contributed by atoms with E-state index in [1.165, 1.54) is 18.3 Å². The molecule has 0 fully saturated rings. The molecule has 0 aliphatic heterocycles. The molecule has 23 heavy (non-hydrogen) atoms. The van der Waals surface area contributed by atoms with Crippen molar-refractivity contribution in [2.45, 2.75) is 17.7 Å². The van der Waals surface area contributed by atoms with Gasteiger partial charge < -0.3 is 10.8 Å². The second-order valence-electron chi connectivity index (χ2n) is 5.01. The molecular weight excluding hydrogens is 316 g/mol. The molecule has 122 valence electrons. The van der Waals surface area contributed by atoms with E-state index in [4.69, 9.17) is 5.73 Å². The van der Waals surface area contributed by atoms with Crippen LogP contribution in [0.25, 0.3) is 0 Å². The zero-order chi connectivity index (χ0) is 17.0. The number of pyridine rings is 1. The zero-order valence-corrected chi connectivity index (χ0v) is 13.5. The van der Waals surface area contributed by atoms with Gasteiger partial charge in [0.1, 0.15) is 0 Å². The molecule has 1 aromatic heterocycles. The van der Waals surface area contributed by atoms with Crippen molar-refractivity contribution in [3.05, 3.63) is 59.4 Å². The third-order valence-corrected chi connectivity index (χ3v) is 5.39. The minimum absolute atomic E-state index is 0.0157. The van der Waals surface area contributed by atoms with Crippen LogP contribution < -0.4 is 5.73 Å². The highest BCUT2D eigenvalue weighted by molar-refractivity contribution is 7.91. The lowest BCUT2D eigenvalue weighted by Crippen LogP contribution is -2.19. The van der Waals surface area contributed by atoms with E-state index in [0.29, 0.717) is 11.3 Å². The van der Waals surface area contributed by atoms with Gasteiger partial charge in [0, 0.05) is 6.20 Å². The van der Waals surface area contributed by atoms with Gasteiger partial charge in [-0.25, -0.2) is 8.42 Å². The molecule has 0 radical (unpaired) electrons. The third kappa shape index (κ3) is 3.57. The van der Waals surface area contributed by atoms with Crippen LogP contribution >= 0.6 is 0 Å². The van der Waals surface area contributed by atoms with E-state index in [1.54, 1.807) is 31.2 Å². The lowest BCUT2D eigenvalue weighted by atomic mass is 9.93. The molecule has 2 aromatic rings. The second-order valence-corrected chi connectivity index (χ2v) is 7.29. The molecule has 7 heteroatoms. The summed E-state index contributed by atoms with van der Waals surface area (Å²) in [5, 5.41) is 9.70. The van der Waals surface area contributed by atoms with Crippen LogP contribution in [0.5, 0.6) is 0 Å². The fourth-order valence-corrected chi connectivity index (χ4v) is 3.21. The molecule has 2 rings (SSSR count). The average Bonchev–Trinajstić information content (AvgIpc) is 2.56. The van der Waals surface area contributed by atoms with Gasteiger partial charge in [0.15, 0.2) is 9.84 Å². The number of rotatable bonds is 6. The van der Waals surface area contributed by atoms with Crippen molar-refractivity contribution in [2.75, 3.05) is 12.4 Å². The van der Waals surface area contributed by atoms with Gasteiger partial charge in [0.2, 0.25) is 0 Å². The summed E-state index contributed by atoms with van der Waals surface area (Å²) in [6.07, 6.45) is 1.51. The molecule has 3 N–H and O–H groups in total. The van der Waals surface area contributed by atoms with Gasteiger partial charge in [0.25, 0.3) is 5.91 Å². The number of nitrogens with zero attached hydrogens (tertiary/aromatic N) is 1. The predicted molar refractivity (Wildman–Crippen MR) is 85.9 cm³/mol. The quantitative estimate of drug-likeness (QED) is 0.822. The summed E-state index contributed by atoms with van der Waals surface area (Å²) < 4.78 is 23.7. The number of primary amides is 1. The van der Waals surface area contributed by atoms with E-state index >= 15 is 0 Å². The minimum Gasteiger partial charge on any atom is -0.395 e. The third-order valence-electron chi connectivity index (χ3n) is 3.64. The Morgan fingerprint density at radius 2 is 1.91 bits per heavy atom. The highest BCUT2D eigenvalue weighted by Crippen LogP contribution is 2.26. The molecule has 0 bridgehead atoms. The molecule has 0 unspecified atom stereocenters. The maximum absolute atomic E-state index is 11.8. The van der Waals surface area contributed by atoms with Crippen molar-refractivity contribution in [3.8, 4) is 0 Å². The van der Waals surface area contributed by atoms with E-state index in [2.05, 4.69) is 4.98 Å². The van der Waals surface area contributed by atoms with Gasteiger partial charge >= 0.3 is 0 Å². The monoisotopic (exact) mass is 334 g/mol. The van der Waals surface area contributed by atoms with Gasteiger partial charge in [0.05, 0.1) is 34.4 Å². The Hall–Kier alpha value is -2.25. The van der Waals surface area contributed by atoms with Crippen molar-refractivity contribution in [3.63, 3.8) is 0 Å². The molecule has 6 nitrogen and oxygen atoms in total. The highest BCUT2D eigenvalue weighted by Gasteiger charge is 2.21. The Bertz CT molecular complexity index is 801. The minimum atomic E-state index is -3.29. The maximum Gasteiger partial charge on any atom is 0.250 e. The number of nitrogens with two attached hydrogens (primary N) is 1. The summed E-state index contributed by atoms with van der Waals surface area (Å²) in [7, 11) is -3.29. The number of aliphatic hydroxyl groups excluding tert-OH is 1. The standard InChI is InChI=1S/C16H18N2O4S/c1-2-23(21,22)12-7-5-11(6-8-12)14(10-19)15-13(16(17)20)4-3-9-18-15/h3-9,14,19H,2,10H2,1H3,(H2,17,20)/t14-/m1/s1. The Balaban J connectivity index is 2.45. The summed E-state index contributed by atoms with van der Waals surface area (Å²) in [6.45, 7) is 1.30. The molecule has 1 amide bonds. The fourth-order valence-electron chi connectivity index (χ4n) is 2.33. The Kier molecular flexibility index (Phi) is 5.12. The Labute approximate surface area is 134 Å². The normalized spacial score (nSPS) is 12.8. The lowest BCUT2D eigenvalue weighted by molar-refractivity contribution is 0.0998. The smallest absolute Gasteiger partial charge is 0.250 e. The first kappa shape index (κ1) is 17.1. The van der Waals surface area contributed by atoms with Crippen molar-refractivity contribution < 1.29 is 18.3 Å². The van der Waals surface area contributed by atoms with Crippen LogP contribution in [0.2, 0.25) is 0 Å². The number of amides is 1. The van der Waals surface area contributed by atoms with E-state index in [1.807, 2.05) is 0 Å². The highest BCUT2D eigenvalue weighted by atomic mass is 32.2. The van der Waals surface area contributed by atoms with Crippen molar-refractivity contribution in [1.29, 1.82) is 0 Å². The molecule has 0 spiro atoms. The van der Waals surface area contributed by atoms with Crippen molar-refractivity contribution >= 4 is 15.7 Å². The molecule has 0 aliphatic carbocycles. The van der Waals surface area contributed by atoms with Gasteiger partial charge in [-0.2, -0.15) is 0 Å². The van der Waals surface area contributed by atoms with Gasteiger partial charge in [-0.1, -0.05) is 19.1 Å². The largest absolute Gasteiger partial charge is 0.395 e. The Morgan fingerprint density at radius 3 is 2.43 bits per heavy atom. The SMILES string of the molecule is CCS(=O)(=O)c1ccc([C@@H](CO)c2ncccc2C(N)=O)cc1. The fraction of sp³-hybridized carbons (Fsp3) is 0.250. The van der Waals surface area contributed by atoms with E-state index < -0.39 is 21.7 Å². The molecule has 1 aromatic carbocycles. The number of hydrogen-bond acceptors (Lipinski definition) is 5. The summed E-state index contributed by atoms with van der Waals surface area (Å²) in [6, 6.07) is 9.34. The predicted octanol–water partition coefficient (Wildman–Crippen LogP) is 1.10.